The lowest BCUT2D eigenvalue weighted by molar-refractivity contribution is -0.137. The lowest BCUT2D eigenvalue weighted by Gasteiger charge is -2.21. The van der Waals surface area contributed by atoms with Crippen LogP contribution in [0.2, 0.25) is 5.02 Å². The molecule has 0 bridgehead atoms. The Bertz CT molecular complexity index is 543. The third-order valence-corrected chi connectivity index (χ3v) is 6.12. The highest BCUT2D eigenvalue weighted by molar-refractivity contribution is 6.30. The molecule has 1 unspecified atom stereocenters. The molecule has 1 aromatic rings. The summed E-state index contributed by atoms with van der Waals surface area (Å²) in [5.74, 6) is 2.00. The van der Waals surface area contributed by atoms with E-state index in [9.17, 15) is 4.79 Å². The number of rotatable bonds is 13. The number of hydrogen-bond acceptors (Lipinski definition) is 2. The standard InChI is InChI=1S/C23H35ClO3/c1-18(27-22-16-14-21(24)15-17-22)8-6-10-20-12-7-11-19(20)9-4-2-3-5-13-23(25)26/h14-20H,2-13H2,1H3,(H,25,26)/t18?,19-,20-/m0/s1. The van der Waals surface area contributed by atoms with Crippen molar-refractivity contribution in [3.63, 3.8) is 0 Å². The molecule has 0 saturated heterocycles. The first-order chi connectivity index (χ1) is 13.0. The van der Waals surface area contributed by atoms with Gasteiger partial charge in [0.2, 0.25) is 0 Å². The summed E-state index contributed by atoms with van der Waals surface area (Å²) in [4.78, 5) is 10.5. The van der Waals surface area contributed by atoms with E-state index in [0.717, 1.165) is 41.9 Å². The topological polar surface area (TPSA) is 46.5 Å². The fraction of sp³-hybridized carbons (Fsp3) is 0.696. The fourth-order valence-electron chi connectivity index (χ4n) is 4.38. The lowest BCUT2D eigenvalue weighted by atomic mass is 9.86. The van der Waals surface area contributed by atoms with Crippen LogP contribution in [0.15, 0.2) is 24.3 Å². The van der Waals surface area contributed by atoms with Crippen molar-refractivity contribution in [2.75, 3.05) is 0 Å². The summed E-state index contributed by atoms with van der Waals surface area (Å²) in [5, 5.41) is 9.42. The Morgan fingerprint density at radius 2 is 1.70 bits per heavy atom. The summed E-state index contributed by atoms with van der Waals surface area (Å²) < 4.78 is 5.98. The first kappa shape index (κ1) is 22.1. The molecule has 1 saturated carbocycles. The number of unbranched alkanes of at least 4 members (excludes halogenated alkanes) is 3. The van der Waals surface area contributed by atoms with Gasteiger partial charge in [0.05, 0.1) is 6.10 Å². The summed E-state index contributed by atoms with van der Waals surface area (Å²) in [5.41, 5.74) is 0. The first-order valence-electron chi connectivity index (χ1n) is 10.7. The maximum absolute atomic E-state index is 10.5. The molecule has 1 fully saturated rings. The molecule has 1 aliphatic carbocycles. The smallest absolute Gasteiger partial charge is 0.303 e. The molecule has 1 aliphatic rings. The van der Waals surface area contributed by atoms with Crippen molar-refractivity contribution in [1.29, 1.82) is 0 Å². The Balaban J connectivity index is 1.57. The molecule has 3 nitrogen and oxygen atoms in total. The normalized spacial score (nSPS) is 20.5. The van der Waals surface area contributed by atoms with Crippen molar-refractivity contribution in [3.8, 4) is 5.75 Å². The van der Waals surface area contributed by atoms with Gasteiger partial charge in [-0.05, 0) is 62.3 Å². The molecular formula is C23H35ClO3. The average molecular weight is 395 g/mol. The van der Waals surface area contributed by atoms with E-state index < -0.39 is 5.97 Å². The maximum Gasteiger partial charge on any atom is 0.303 e. The minimum atomic E-state index is -0.667. The van der Waals surface area contributed by atoms with Crippen molar-refractivity contribution in [2.24, 2.45) is 11.8 Å². The van der Waals surface area contributed by atoms with Crippen molar-refractivity contribution in [1.82, 2.24) is 0 Å². The molecule has 0 radical (unpaired) electrons. The van der Waals surface area contributed by atoms with Crippen LogP contribution in [0.3, 0.4) is 0 Å². The number of carbonyl (C=O) groups is 1. The average Bonchev–Trinajstić information content (AvgIpc) is 3.07. The minimum absolute atomic E-state index is 0.236. The van der Waals surface area contributed by atoms with E-state index in [1.165, 1.54) is 51.4 Å². The third kappa shape index (κ3) is 9.01. The number of benzene rings is 1. The summed E-state index contributed by atoms with van der Waals surface area (Å²) in [6.07, 6.45) is 14.0. The van der Waals surface area contributed by atoms with E-state index in [1.54, 1.807) is 0 Å². The predicted octanol–water partition coefficient (Wildman–Crippen LogP) is 7.12. The van der Waals surface area contributed by atoms with Crippen molar-refractivity contribution >= 4 is 17.6 Å². The number of carboxylic acid groups (broad SMARTS) is 1. The number of ether oxygens (including phenoxy) is 1. The van der Waals surface area contributed by atoms with Crippen molar-refractivity contribution < 1.29 is 14.6 Å². The third-order valence-electron chi connectivity index (χ3n) is 5.87. The van der Waals surface area contributed by atoms with Crippen LogP contribution in [0.5, 0.6) is 5.75 Å². The van der Waals surface area contributed by atoms with Crippen LogP contribution >= 0.6 is 11.6 Å². The van der Waals surface area contributed by atoms with Gasteiger partial charge in [-0.15, -0.1) is 0 Å². The van der Waals surface area contributed by atoms with E-state index in [4.69, 9.17) is 21.4 Å². The molecule has 4 heteroatoms. The van der Waals surface area contributed by atoms with Crippen LogP contribution in [-0.4, -0.2) is 17.2 Å². The molecule has 1 aromatic carbocycles. The van der Waals surface area contributed by atoms with Gasteiger partial charge in [-0.1, -0.05) is 63.0 Å². The molecule has 152 valence electrons. The highest BCUT2D eigenvalue weighted by atomic mass is 35.5. The summed E-state index contributed by atoms with van der Waals surface area (Å²) in [7, 11) is 0. The van der Waals surface area contributed by atoms with Gasteiger partial charge in [0.25, 0.3) is 0 Å². The Labute approximate surface area is 169 Å². The second-order valence-corrected chi connectivity index (χ2v) is 8.55. The molecule has 2 rings (SSSR count). The van der Waals surface area contributed by atoms with Gasteiger partial charge >= 0.3 is 5.97 Å². The fourth-order valence-corrected chi connectivity index (χ4v) is 4.51. The van der Waals surface area contributed by atoms with Gasteiger partial charge in [0, 0.05) is 11.4 Å². The Hall–Kier alpha value is -1.22. The van der Waals surface area contributed by atoms with Gasteiger partial charge in [-0.25, -0.2) is 0 Å². The summed E-state index contributed by atoms with van der Waals surface area (Å²) >= 11 is 5.91. The molecule has 0 heterocycles. The summed E-state index contributed by atoms with van der Waals surface area (Å²) in [6, 6.07) is 7.60. The minimum Gasteiger partial charge on any atom is -0.491 e. The van der Waals surface area contributed by atoms with Crippen LogP contribution in [0.4, 0.5) is 0 Å². The van der Waals surface area contributed by atoms with E-state index in [2.05, 4.69) is 6.92 Å². The quantitative estimate of drug-likeness (QED) is 0.362. The Morgan fingerprint density at radius 3 is 2.37 bits per heavy atom. The van der Waals surface area contributed by atoms with E-state index in [1.807, 2.05) is 24.3 Å². The van der Waals surface area contributed by atoms with Crippen LogP contribution in [0, 0.1) is 11.8 Å². The second-order valence-electron chi connectivity index (χ2n) is 8.11. The maximum atomic E-state index is 10.5. The summed E-state index contributed by atoms with van der Waals surface area (Å²) in [6.45, 7) is 2.15. The number of hydrogen-bond donors (Lipinski definition) is 1. The van der Waals surface area contributed by atoms with Crippen molar-refractivity contribution in [2.45, 2.75) is 90.1 Å². The molecule has 3 atom stereocenters. The van der Waals surface area contributed by atoms with E-state index in [-0.39, 0.29) is 6.10 Å². The largest absolute Gasteiger partial charge is 0.491 e. The number of halogens is 1. The predicted molar refractivity (Wildman–Crippen MR) is 112 cm³/mol. The zero-order chi connectivity index (χ0) is 19.5. The van der Waals surface area contributed by atoms with E-state index >= 15 is 0 Å². The van der Waals surface area contributed by atoms with Crippen LogP contribution in [-0.2, 0) is 4.79 Å². The lowest BCUT2D eigenvalue weighted by Crippen LogP contribution is -2.13. The zero-order valence-corrected chi connectivity index (χ0v) is 17.4. The zero-order valence-electron chi connectivity index (χ0n) is 16.7. The molecule has 27 heavy (non-hydrogen) atoms. The first-order valence-corrected chi connectivity index (χ1v) is 11.1. The molecular weight excluding hydrogens is 360 g/mol. The molecule has 0 aliphatic heterocycles. The van der Waals surface area contributed by atoms with Crippen LogP contribution in [0.1, 0.15) is 84.0 Å². The Kier molecular flexibility index (Phi) is 10.0. The van der Waals surface area contributed by atoms with Crippen molar-refractivity contribution in [3.05, 3.63) is 29.3 Å². The van der Waals surface area contributed by atoms with Gasteiger partial charge in [0.1, 0.15) is 5.75 Å². The SMILES string of the molecule is CC(CCC[C@H]1CCC[C@@H]1CCCCCCC(=O)O)Oc1ccc(Cl)cc1. The molecule has 1 N–H and O–H groups in total. The molecule has 0 aromatic heterocycles. The second kappa shape index (κ2) is 12.3. The molecule has 0 amide bonds. The molecule has 0 spiro atoms. The van der Waals surface area contributed by atoms with Gasteiger partial charge in [-0.2, -0.15) is 0 Å². The number of carboxylic acids is 1. The highest BCUT2D eigenvalue weighted by Crippen LogP contribution is 2.38. The van der Waals surface area contributed by atoms with Crippen LogP contribution in [0.25, 0.3) is 0 Å². The number of aliphatic carboxylic acids is 1. The highest BCUT2D eigenvalue weighted by Gasteiger charge is 2.26. The Morgan fingerprint density at radius 1 is 1.07 bits per heavy atom. The van der Waals surface area contributed by atoms with Gasteiger partial charge in [0.15, 0.2) is 0 Å². The van der Waals surface area contributed by atoms with Gasteiger partial charge in [-0.3, -0.25) is 4.79 Å². The van der Waals surface area contributed by atoms with Gasteiger partial charge < -0.3 is 9.84 Å². The van der Waals surface area contributed by atoms with Crippen LogP contribution < -0.4 is 4.74 Å². The van der Waals surface area contributed by atoms with E-state index in [0.29, 0.717) is 6.42 Å². The monoisotopic (exact) mass is 394 g/mol.